The number of nitrogens with zero attached hydrogens (tertiary/aromatic N) is 2. The largest absolute Gasteiger partial charge is 0.497 e. The van der Waals surface area contributed by atoms with Gasteiger partial charge in [0.1, 0.15) is 11.5 Å². The molecule has 0 atom stereocenters. The molecule has 3 aromatic rings. The van der Waals surface area contributed by atoms with E-state index < -0.39 is 18.5 Å². The number of hydrogen-bond acceptors (Lipinski definition) is 7. The quantitative estimate of drug-likeness (QED) is 0.508. The van der Waals surface area contributed by atoms with Crippen molar-refractivity contribution < 1.29 is 23.8 Å². The molecular formula is C26H29N3O5. The van der Waals surface area contributed by atoms with E-state index in [0.717, 1.165) is 48.1 Å². The summed E-state index contributed by atoms with van der Waals surface area (Å²) in [6.45, 7) is 4.21. The van der Waals surface area contributed by atoms with Crippen LogP contribution in [0.1, 0.15) is 35.0 Å². The molecular weight excluding hydrogens is 434 g/mol. The minimum atomic E-state index is -0.527. The smallest absolute Gasteiger partial charge is 0.339 e. The monoisotopic (exact) mass is 463 g/mol. The lowest BCUT2D eigenvalue weighted by molar-refractivity contribution is -0.119. The summed E-state index contributed by atoms with van der Waals surface area (Å²) in [5, 5.41) is 3.46. The van der Waals surface area contributed by atoms with Gasteiger partial charge < -0.3 is 19.5 Å². The zero-order valence-corrected chi connectivity index (χ0v) is 19.7. The number of esters is 1. The molecule has 178 valence electrons. The zero-order valence-electron chi connectivity index (χ0n) is 19.7. The maximum atomic E-state index is 13.3. The fourth-order valence-electron chi connectivity index (χ4n) is 4.29. The first kappa shape index (κ1) is 23.5. The van der Waals surface area contributed by atoms with Crippen LogP contribution >= 0.6 is 0 Å². The third-order valence-electron chi connectivity index (χ3n) is 5.88. The minimum Gasteiger partial charge on any atom is -0.497 e. The Morgan fingerprint density at radius 1 is 1.12 bits per heavy atom. The average Bonchev–Trinajstić information content (AvgIpc) is 2.86. The summed E-state index contributed by atoms with van der Waals surface area (Å²) in [7, 11) is 3.05. The molecule has 0 bridgehead atoms. The summed E-state index contributed by atoms with van der Waals surface area (Å²) in [5.74, 6) is 0.0472. The third kappa shape index (κ3) is 4.97. The van der Waals surface area contributed by atoms with E-state index in [4.69, 9.17) is 19.2 Å². The van der Waals surface area contributed by atoms with Crippen LogP contribution in [0.15, 0.2) is 42.5 Å². The van der Waals surface area contributed by atoms with E-state index >= 15 is 0 Å². The van der Waals surface area contributed by atoms with Crippen molar-refractivity contribution in [3.63, 3.8) is 0 Å². The van der Waals surface area contributed by atoms with Gasteiger partial charge in [0.25, 0.3) is 5.91 Å². The maximum Gasteiger partial charge on any atom is 0.339 e. The van der Waals surface area contributed by atoms with E-state index in [0.29, 0.717) is 29.3 Å². The molecule has 0 radical (unpaired) electrons. The number of amides is 1. The van der Waals surface area contributed by atoms with Gasteiger partial charge in [0.05, 0.1) is 31.0 Å². The SMILES string of the molecule is CCCN1CCc2nc3ccccc3c(C(=O)OCC(=O)Nc3cc(OC)ccc3OC)c2C1. The number of para-hydroxylation sites is 1. The molecule has 0 saturated heterocycles. The number of methoxy groups -OCH3 is 2. The molecule has 1 amide bonds. The standard InChI is InChI=1S/C26H29N3O5/c1-4-12-29-13-11-21-19(15-29)25(18-7-5-6-8-20(18)27-21)26(31)34-16-24(30)28-22-14-17(32-2)9-10-23(22)33-3/h5-10,14H,4,11-13,15-16H2,1-3H3,(H,28,30). The molecule has 1 aromatic heterocycles. The van der Waals surface area contributed by atoms with E-state index in [1.54, 1.807) is 18.2 Å². The highest BCUT2D eigenvalue weighted by Gasteiger charge is 2.26. The predicted molar refractivity (Wildman–Crippen MR) is 129 cm³/mol. The molecule has 2 heterocycles. The number of carbonyl (C=O) groups is 2. The first-order valence-corrected chi connectivity index (χ1v) is 11.4. The topological polar surface area (TPSA) is 90.0 Å². The molecule has 0 saturated carbocycles. The number of benzene rings is 2. The van der Waals surface area contributed by atoms with Gasteiger partial charge in [0, 0.05) is 42.2 Å². The number of nitrogens with one attached hydrogen (secondary N) is 1. The van der Waals surface area contributed by atoms with Crippen molar-refractivity contribution in [2.24, 2.45) is 0 Å². The molecule has 0 spiro atoms. The van der Waals surface area contributed by atoms with Crippen LogP contribution in [0.3, 0.4) is 0 Å². The number of pyridine rings is 1. The van der Waals surface area contributed by atoms with Crippen LogP contribution < -0.4 is 14.8 Å². The van der Waals surface area contributed by atoms with E-state index in [9.17, 15) is 9.59 Å². The van der Waals surface area contributed by atoms with E-state index in [-0.39, 0.29) is 0 Å². The average molecular weight is 464 g/mol. The summed E-state index contributed by atoms with van der Waals surface area (Å²) in [4.78, 5) is 33.0. The predicted octanol–water partition coefficient (Wildman–Crippen LogP) is 3.82. The van der Waals surface area contributed by atoms with E-state index in [1.807, 2.05) is 24.3 Å². The number of fused-ring (bicyclic) bond motifs is 2. The Morgan fingerprint density at radius 3 is 2.71 bits per heavy atom. The van der Waals surface area contributed by atoms with Crippen molar-refractivity contribution in [1.29, 1.82) is 0 Å². The lowest BCUT2D eigenvalue weighted by Crippen LogP contribution is -2.33. The van der Waals surface area contributed by atoms with Gasteiger partial charge in [-0.05, 0) is 31.2 Å². The normalized spacial score (nSPS) is 13.3. The van der Waals surface area contributed by atoms with Gasteiger partial charge in [-0.3, -0.25) is 14.7 Å². The Bertz CT molecular complexity index is 1210. The number of rotatable bonds is 8. The van der Waals surface area contributed by atoms with Gasteiger partial charge in [0.15, 0.2) is 6.61 Å². The molecule has 8 heteroatoms. The molecule has 1 aliphatic rings. The molecule has 2 aromatic carbocycles. The second kappa shape index (κ2) is 10.5. The fraction of sp³-hybridized carbons (Fsp3) is 0.346. The van der Waals surface area contributed by atoms with Crippen LogP contribution in [0.4, 0.5) is 5.69 Å². The van der Waals surface area contributed by atoms with Crippen molar-refractivity contribution in [3.05, 3.63) is 59.3 Å². The lowest BCUT2D eigenvalue weighted by atomic mass is 9.95. The molecule has 0 unspecified atom stereocenters. The van der Waals surface area contributed by atoms with Gasteiger partial charge >= 0.3 is 5.97 Å². The minimum absolute atomic E-state index is 0.427. The zero-order chi connectivity index (χ0) is 24.1. The molecule has 8 nitrogen and oxygen atoms in total. The molecule has 4 rings (SSSR count). The number of ether oxygens (including phenoxy) is 3. The fourth-order valence-corrected chi connectivity index (χ4v) is 4.29. The van der Waals surface area contributed by atoms with Gasteiger partial charge in [0.2, 0.25) is 0 Å². The van der Waals surface area contributed by atoms with Gasteiger partial charge in [-0.1, -0.05) is 25.1 Å². The van der Waals surface area contributed by atoms with Crippen LogP contribution in [0.5, 0.6) is 11.5 Å². The van der Waals surface area contributed by atoms with Gasteiger partial charge in [-0.2, -0.15) is 0 Å². The van der Waals surface area contributed by atoms with Crippen LogP contribution in [0.25, 0.3) is 10.9 Å². The van der Waals surface area contributed by atoms with Crippen molar-refractivity contribution >= 4 is 28.5 Å². The first-order valence-electron chi connectivity index (χ1n) is 11.4. The van der Waals surface area contributed by atoms with Crippen molar-refractivity contribution in [1.82, 2.24) is 9.88 Å². The van der Waals surface area contributed by atoms with Crippen molar-refractivity contribution in [2.45, 2.75) is 26.3 Å². The summed E-state index contributed by atoms with van der Waals surface area (Å²) in [5.41, 5.74) is 3.49. The number of anilines is 1. The Labute approximate surface area is 198 Å². The van der Waals surface area contributed by atoms with E-state index in [2.05, 4.69) is 17.1 Å². The molecule has 1 N–H and O–H groups in total. The lowest BCUT2D eigenvalue weighted by Gasteiger charge is -2.29. The Kier molecular flexibility index (Phi) is 7.27. The summed E-state index contributed by atoms with van der Waals surface area (Å²) >= 11 is 0. The number of aromatic nitrogens is 1. The van der Waals surface area contributed by atoms with Crippen LogP contribution in [-0.4, -0.2) is 55.7 Å². The van der Waals surface area contributed by atoms with Gasteiger partial charge in [-0.25, -0.2) is 4.79 Å². The number of carbonyl (C=O) groups excluding carboxylic acids is 2. The highest BCUT2D eigenvalue weighted by molar-refractivity contribution is 6.06. The van der Waals surface area contributed by atoms with Crippen LogP contribution in [0, 0.1) is 0 Å². The summed E-state index contributed by atoms with van der Waals surface area (Å²) in [6, 6.07) is 12.6. The maximum absolute atomic E-state index is 13.3. The summed E-state index contributed by atoms with van der Waals surface area (Å²) < 4.78 is 16.0. The Hall–Kier alpha value is -3.65. The van der Waals surface area contributed by atoms with Crippen molar-refractivity contribution in [3.8, 4) is 11.5 Å². The molecule has 0 aliphatic carbocycles. The Balaban J connectivity index is 1.55. The van der Waals surface area contributed by atoms with Crippen molar-refractivity contribution in [2.75, 3.05) is 39.2 Å². The highest BCUT2D eigenvalue weighted by Crippen LogP contribution is 2.30. The number of hydrogen-bond donors (Lipinski definition) is 1. The first-order chi connectivity index (χ1) is 16.5. The molecule has 34 heavy (non-hydrogen) atoms. The molecule has 0 fully saturated rings. The summed E-state index contributed by atoms with van der Waals surface area (Å²) in [6.07, 6.45) is 1.81. The van der Waals surface area contributed by atoms with Gasteiger partial charge in [-0.15, -0.1) is 0 Å². The van der Waals surface area contributed by atoms with Crippen LogP contribution in [-0.2, 0) is 22.5 Å². The Morgan fingerprint density at radius 2 is 1.94 bits per heavy atom. The highest BCUT2D eigenvalue weighted by atomic mass is 16.5. The molecule has 1 aliphatic heterocycles. The second-order valence-corrected chi connectivity index (χ2v) is 8.15. The van der Waals surface area contributed by atoms with Crippen LogP contribution in [0.2, 0.25) is 0 Å². The third-order valence-corrected chi connectivity index (χ3v) is 5.88. The second-order valence-electron chi connectivity index (χ2n) is 8.15. The van der Waals surface area contributed by atoms with E-state index in [1.165, 1.54) is 14.2 Å².